The first-order valence-electron chi connectivity index (χ1n) is 5.82. The van der Waals surface area contributed by atoms with Gasteiger partial charge in [-0.2, -0.15) is 0 Å². The Morgan fingerprint density at radius 1 is 0.810 bits per heavy atom. The molecule has 0 aliphatic carbocycles. The molecule has 0 radical (unpaired) electrons. The lowest BCUT2D eigenvalue weighted by molar-refractivity contribution is 0.0687. The normalized spacial score (nSPS) is 10.3. The zero-order chi connectivity index (χ0) is 15.6. The number of hydrogen-bond acceptors (Lipinski definition) is 5. The van der Waals surface area contributed by atoms with Crippen molar-refractivity contribution < 1.29 is 19.8 Å². The molecule has 2 aromatic rings. The fourth-order valence-corrected chi connectivity index (χ4v) is 2.60. The van der Waals surface area contributed by atoms with Crippen LogP contribution >= 0.6 is 11.8 Å². The van der Waals surface area contributed by atoms with Gasteiger partial charge in [-0.15, -0.1) is 0 Å². The molecule has 0 amide bonds. The van der Waals surface area contributed by atoms with Gasteiger partial charge in [0.05, 0.1) is 11.1 Å². The minimum Gasteiger partial charge on any atom is -0.478 e. The fraction of sp³-hybridized carbons (Fsp3) is 0. The zero-order valence-electron chi connectivity index (χ0n) is 10.7. The molecule has 0 fully saturated rings. The maximum atomic E-state index is 11.0. The highest BCUT2D eigenvalue weighted by Crippen LogP contribution is 2.31. The predicted molar refractivity (Wildman–Crippen MR) is 79.8 cm³/mol. The molecule has 0 aliphatic rings. The van der Waals surface area contributed by atoms with Crippen LogP contribution in [-0.4, -0.2) is 22.2 Å². The van der Waals surface area contributed by atoms with Crippen molar-refractivity contribution in [1.82, 2.24) is 0 Å². The van der Waals surface area contributed by atoms with Crippen LogP contribution in [0.5, 0.6) is 0 Å². The Morgan fingerprint density at radius 2 is 1.19 bits per heavy atom. The summed E-state index contributed by atoms with van der Waals surface area (Å²) in [6.45, 7) is 0. The van der Waals surface area contributed by atoms with E-state index in [1.807, 2.05) is 0 Å². The van der Waals surface area contributed by atoms with E-state index in [0.29, 0.717) is 9.79 Å². The lowest BCUT2D eigenvalue weighted by Crippen LogP contribution is -2.02. The molecule has 0 bridgehead atoms. The van der Waals surface area contributed by atoms with E-state index in [2.05, 4.69) is 0 Å². The van der Waals surface area contributed by atoms with Crippen LogP contribution < -0.4 is 11.5 Å². The highest BCUT2D eigenvalue weighted by molar-refractivity contribution is 7.99. The second kappa shape index (κ2) is 5.76. The third kappa shape index (κ3) is 3.26. The van der Waals surface area contributed by atoms with Crippen LogP contribution in [0.25, 0.3) is 0 Å². The minimum absolute atomic E-state index is 0.00824. The highest BCUT2D eigenvalue weighted by atomic mass is 32.2. The van der Waals surface area contributed by atoms with E-state index in [4.69, 9.17) is 21.7 Å². The van der Waals surface area contributed by atoms with E-state index >= 15 is 0 Å². The molecule has 0 unspecified atom stereocenters. The van der Waals surface area contributed by atoms with Crippen molar-refractivity contribution in [2.45, 2.75) is 9.79 Å². The number of hydrogen-bond donors (Lipinski definition) is 4. The van der Waals surface area contributed by atoms with Gasteiger partial charge in [0, 0.05) is 21.2 Å². The predicted octanol–water partition coefficient (Wildman–Crippen LogP) is 2.40. The maximum absolute atomic E-state index is 11.0. The molecule has 6 N–H and O–H groups in total. The number of carboxylic acids is 2. The molecule has 6 nitrogen and oxygen atoms in total. The molecule has 7 heteroatoms. The standard InChI is InChI=1S/C14H12N2O4S/c15-11-3-1-7(5-9(11)13(17)18)21-8-2-4-12(16)10(6-8)14(19)20/h1-6H,15-16H2,(H,17,18)(H,19,20). The van der Waals surface area contributed by atoms with E-state index < -0.39 is 11.9 Å². The van der Waals surface area contributed by atoms with Crippen molar-refractivity contribution in [3.05, 3.63) is 47.5 Å². The fourth-order valence-electron chi connectivity index (χ4n) is 1.70. The average Bonchev–Trinajstić information content (AvgIpc) is 2.42. The molecular formula is C14H12N2O4S. The van der Waals surface area contributed by atoms with Gasteiger partial charge in [-0.1, -0.05) is 11.8 Å². The summed E-state index contributed by atoms with van der Waals surface area (Å²) in [5.41, 5.74) is 11.5. The molecule has 0 atom stereocenters. The molecule has 108 valence electrons. The number of aromatic carboxylic acids is 2. The van der Waals surface area contributed by atoms with Crippen LogP contribution in [0.1, 0.15) is 20.7 Å². The third-order valence-corrected chi connectivity index (χ3v) is 3.73. The summed E-state index contributed by atoms with van der Waals surface area (Å²) in [5.74, 6) is -2.23. The molecule has 2 rings (SSSR count). The van der Waals surface area contributed by atoms with Crippen LogP contribution in [-0.2, 0) is 0 Å². The van der Waals surface area contributed by atoms with Crippen LogP contribution in [0.4, 0.5) is 11.4 Å². The number of carbonyl (C=O) groups is 2. The summed E-state index contributed by atoms with van der Waals surface area (Å²) < 4.78 is 0. The van der Waals surface area contributed by atoms with Gasteiger partial charge in [0.2, 0.25) is 0 Å². The molecule has 0 saturated carbocycles. The number of nitrogen functional groups attached to an aromatic ring is 2. The molecule has 2 aromatic carbocycles. The van der Waals surface area contributed by atoms with Crippen molar-refractivity contribution in [1.29, 1.82) is 0 Å². The quantitative estimate of drug-likeness (QED) is 0.639. The summed E-state index contributed by atoms with van der Waals surface area (Å²) in [7, 11) is 0. The van der Waals surface area contributed by atoms with E-state index in [9.17, 15) is 9.59 Å². The number of anilines is 2. The SMILES string of the molecule is Nc1ccc(Sc2ccc(N)c(C(=O)O)c2)cc1C(=O)O. The average molecular weight is 304 g/mol. The van der Waals surface area contributed by atoms with Crippen molar-refractivity contribution in [3.63, 3.8) is 0 Å². The first kappa shape index (κ1) is 14.7. The van der Waals surface area contributed by atoms with Gasteiger partial charge >= 0.3 is 11.9 Å². The second-order valence-electron chi connectivity index (χ2n) is 4.21. The molecule has 0 aromatic heterocycles. The van der Waals surface area contributed by atoms with Crippen LogP contribution in [0.3, 0.4) is 0 Å². The zero-order valence-corrected chi connectivity index (χ0v) is 11.6. The van der Waals surface area contributed by atoms with Crippen LogP contribution in [0, 0.1) is 0 Å². The Bertz CT molecular complexity index is 669. The van der Waals surface area contributed by atoms with Crippen LogP contribution in [0.2, 0.25) is 0 Å². The highest BCUT2D eigenvalue weighted by Gasteiger charge is 2.12. The molecule has 0 saturated heterocycles. The summed E-state index contributed by atoms with van der Waals surface area (Å²) in [4.78, 5) is 23.3. The van der Waals surface area contributed by atoms with Gasteiger partial charge in [0.15, 0.2) is 0 Å². The van der Waals surface area contributed by atoms with Crippen molar-refractivity contribution >= 4 is 35.1 Å². The van der Waals surface area contributed by atoms with Gasteiger partial charge < -0.3 is 21.7 Å². The van der Waals surface area contributed by atoms with Crippen molar-refractivity contribution in [2.75, 3.05) is 11.5 Å². The monoisotopic (exact) mass is 304 g/mol. The molecule has 0 heterocycles. The molecule has 0 spiro atoms. The van der Waals surface area contributed by atoms with Gasteiger partial charge in [-0.25, -0.2) is 9.59 Å². The first-order valence-corrected chi connectivity index (χ1v) is 6.63. The van der Waals surface area contributed by atoms with Gasteiger partial charge in [0.25, 0.3) is 0 Å². The van der Waals surface area contributed by atoms with Crippen LogP contribution in [0.15, 0.2) is 46.2 Å². The first-order chi connectivity index (χ1) is 9.88. The van der Waals surface area contributed by atoms with Crippen molar-refractivity contribution in [3.8, 4) is 0 Å². The third-order valence-electron chi connectivity index (χ3n) is 2.75. The summed E-state index contributed by atoms with van der Waals surface area (Å²) >= 11 is 1.23. The van der Waals surface area contributed by atoms with Gasteiger partial charge in [0.1, 0.15) is 0 Å². The smallest absolute Gasteiger partial charge is 0.337 e. The maximum Gasteiger partial charge on any atom is 0.337 e. The number of rotatable bonds is 4. The second-order valence-corrected chi connectivity index (χ2v) is 5.36. The topological polar surface area (TPSA) is 127 Å². The Kier molecular flexibility index (Phi) is 4.04. The molecular weight excluding hydrogens is 292 g/mol. The van der Waals surface area contributed by atoms with Crippen molar-refractivity contribution in [2.24, 2.45) is 0 Å². The molecule has 21 heavy (non-hydrogen) atoms. The molecule has 0 aliphatic heterocycles. The Hall–Kier alpha value is -2.67. The van der Waals surface area contributed by atoms with E-state index in [1.165, 1.54) is 36.0 Å². The summed E-state index contributed by atoms with van der Waals surface area (Å²) in [6, 6.07) is 9.23. The Labute approximate surface area is 124 Å². The Morgan fingerprint density at radius 3 is 1.52 bits per heavy atom. The lowest BCUT2D eigenvalue weighted by atomic mass is 10.2. The summed E-state index contributed by atoms with van der Waals surface area (Å²) in [5, 5.41) is 18.1. The minimum atomic E-state index is -1.11. The summed E-state index contributed by atoms with van der Waals surface area (Å²) in [6.07, 6.45) is 0. The number of nitrogens with two attached hydrogens (primary N) is 2. The Balaban J connectivity index is 2.34. The van der Waals surface area contributed by atoms with E-state index in [1.54, 1.807) is 12.1 Å². The number of carboxylic acid groups (broad SMARTS) is 2. The van der Waals surface area contributed by atoms with E-state index in [0.717, 1.165) is 0 Å². The largest absolute Gasteiger partial charge is 0.478 e. The number of benzene rings is 2. The van der Waals surface area contributed by atoms with Gasteiger partial charge in [-0.3, -0.25) is 0 Å². The van der Waals surface area contributed by atoms with E-state index in [-0.39, 0.29) is 22.5 Å². The lowest BCUT2D eigenvalue weighted by Gasteiger charge is -2.07. The van der Waals surface area contributed by atoms with Gasteiger partial charge in [-0.05, 0) is 36.4 Å².